The van der Waals surface area contributed by atoms with Crippen molar-refractivity contribution in [2.45, 2.75) is 17.5 Å². The molecular weight excluding hydrogens is 429 g/mol. The quantitative estimate of drug-likeness (QED) is 0.360. The Morgan fingerprint density at radius 3 is 2.40 bits per heavy atom. The van der Waals surface area contributed by atoms with Crippen LogP contribution in [-0.4, -0.2) is 44.3 Å². The van der Waals surface area contributed by atoms with Crippen molar-refractivity contribution in [3.63, 3.8) is 0 Å². The van der Waals surface area contributed by atoms with Crippen LogP contribution in [0.1, 0.15) is 16.8 Å². The van der Waals surface area contributed by atoms with E-state index in [2.05, 4.69) is 10.1 Å². The first-order chi connectivity index (χ1) is 14.0. The van der Waals surface area contributed by atoms with E-state index in [-0.39, 0.29) is 29.4 Å². The highest BCUT2D eigenvalue weighted by molar-refractivity contribution is 7.91. The molecule has 1 amide bonds. The average Bonchev–Trinajstić information content (AvgIpc) is 2.69. The molecule has 0 fully saturated rings. The molecule has 0 aliphatic heterocycles. The molecular formula is C18H17F3N2O6S. The SMILES string of the molecule is O=C(NCCCS(=O)(=O)c1ccccc1)c1cc(OCC(F)(F)F)ccc1[N+](=O)[O-]. The zero-order valence-corrected chi connectivity index (χ0v) is 16.2. The van der Waals surface area contributed by atoms with Gasteiger partial charge in [0.2, 0.25) is 0 Å². The van der Waals surface area contributed by atoms with Crippen LogP contribution in [0.15, 0.2) is 53.4 Å². The molecule has 0 saturated carbocycles. The monoisotopic (exact) mass is 446 g/mol. The number of hydrogen-bond acceptors (Lipinski definition) is 6. The average molecular weight is 446 g/mol. The van der Waals surface area contributed by atoms with Crippen molar-refractivity contribution in [3.05, 3.63) is 64.2 Å². The number of benzene rings is 2. The maximum atomic E-state index is 12.3. The van der Waals surface area contributed by atoms with Crippen LogP contribution < -0.4 is 10.1 Å². The minimum absolute atomic E-state index is 0.0288. The van der Waals surface area contributed by atoms with Crippen LogP contribution in [0, 0.1) is 10.1 Å². The van der Waals surface area contributed by atoms with Crippen molar-refractivity contribution < 1.29 is 36.0 Å². The van der Waals surface area contributed by atoms with E-state index in [0.29, 0.717) is 0 Å². The number of halogens is 3. The maximum absolute atomic E-state index is 12.3. The summed E-state index contributed by atoms with van der Waals surface area (Å²) in [5, 5.41) is 13.4. The van der Waals surface area contributed by atoms with Gasteiger partial charge in [-0.05, 0) is 30.7 Å². The van der Waals surface area contributed by atoms with Crippen LogP contribution in [-0.2, 0) is 9.84 Å². The summed E-state index contributed by atoms with van der Waals surface area (Å²) in [5.74, 6) is -1.57. The summed E-state index contributed by atoms with van der Waals surface area (Å²) < 4.78 is 65.7. The van der Waals surface area contributed by atoms with Crippen molar-refractivity contribution in [1.82, 2.24) is 5.32 Å². The van der Waals surface area contributed by atoms with Crippen LogP contribution in [0.25, 0.3) is 0 Å². The smallest absolute Gasteiger partial charge is 0.422 e. The van der Waals surface area contributed by atoms with Gasteiger partial charge in [0, 0.05) is 12.6 Å². The van der Waals surface area contributed by atoms with E-state index in [4.69, 9.17) is 0 Å². The number of amides is 1. The number of alkyl halides is 3. The largest absolute Gasteiger partial charge is 0.484 e. The Bertz CT molecular complexity index is 1010. The predicted molar refractivity (Wildman–Crippen MR) is 100 cm³/mol. The molecule has 2 rings (SSSR count). The Balaban J connectivity index is 2.02. The number of nitro benzene ring substituents is 1. The first-order valence-electron chi connectivity index (χ1n) is 8.53. The van der Waals surface area contributed by atoms with E-state index < -0.39 is 44.7 Å². The molecule has 0 bridgehead atoms. The highest BCUT2D eigenvalue weighted by Gasteiger charge is 2.29. The normalized spacial score (nSPS) is 11.7. The zero-order chi connectivity index (χ0) is 22.4. The molecule has 0 heterocycles. The van der Waals surface area contributed by atoms with E-state index >= 15 is 0 Å². The summed E-state index contributed by atoms with van der Waals surface area (Å²) in [7, 11) is -3.56. The van der Waals surface area contributed by atoms with Crippen LogP contribution in [0.5, 0.6) is 5.75 Å². The molecule has 0 unspecified atom stereocenters. The van der Waals surface area contributed by atoms with Crippen molar-refractivity contribution >= 4 is 21.4 Å². The number of carbonyl (C=O) groups is 1. The molecule has 0 radical (unpaired) electrons. The number of nitrogens with zero attached hydrogens (tertiary/aromatic N) is 1. The first kappa shape index (κ1) is 23.1. The van der Waals surface area contributed by atoms with Gasteiger partial charge in [-0.2, -0.15) is 13.2 Å². The summed E-state index contributed by atoms with van der Waals surface area (Å²) in [6.07, 6.45) is -4.59. The number of nitro groups is 1. The van der Waals surface area contributed by atoms with Gasteiger partial charge in [0.25, 0.3) is 11.6 Å². The number of nitrogens with one attached hydrogen (secondary N) is 1. The first-order valence-corrected chi connectivity index (χ1v) is 10.2. The van der Waals surface area contributed by atoms with Gasteiger partial charge in [-0.1, -0.05) is 18.2 Å². The van der Waals surface area contributed by atoms with Crippen molar-refractivity contribution in [2.24, 2.45) is 0 Å². The number of sulfone groups is 1. The molecule has 2 aromatic carbocycles. The zero-order valence-electron chi connectivity index (χ0n) is 15.4. The molecule has 2 aromatic rings. The van der Waals surface area contributed by atoms with Gasteiger partial charge >= 0.3 is 6.18 Å². The summed E-state index contributed by atoms with van der Waals surface area (Å²) in [6, 6.07) is 10.3. The van der Waals surface area contributed by atoms with E-state index in [0.717, 1.165) is 18.2 Å². The van der Waals surface area contributed by atoms with Gasteiger partial charge in [-0.15, -0.1) is 0 Å². The summed E-state index contributed by atoms with van der Waals surface area (Å²) in [4.78, 5) is 22.6. The van der Waals surface area contributed by atoms with Gasteiger partial charge in [-0.25, -0.2) is 8.42 Å². The van der Waals surface area contributed by atoms with Crippen molar-refractivity contribution in [2.75, 3.05) is 18.9 Å². The van der Waals surface area contributed by atoms with E-state index in [1.165, 1.54) is 12.1 Å². The van der Waals surface area contributed by atoms with Crippen LogP contribution in [0.3, 0.4) is 0 Å². The van der Waals surface area contributed by atoms with Gasteiger partial charge in [-0.3, -0.25) is 14.9 Å². The Kier molecular flexibility index (Phi) is 7.38. The second kappa shape index (κ2) is 9.57. The molecule has 162 valence electrons. The number of hydrogen-bond donors (Lipinski definition) is 1. The third kappa shape index (κ3) is 6.72. The van der Waals surface area contributed by atoms with E-state index in [1.54, 1.807) is 18.2 Å². The minimum atomic E-state index is -4.62. The Morgan fingerprint density at radius 2 is 1.80 bits per heavy atom. The second-order valence-electron chi connectivity index (χ2n) is 6.08. The third-order valence-corrected chi connectivity index (χ3v) is 5.61. The summed E-state index contributed by atoms with van der Waals surface area (Å²) in [5.41, 5.74) is -1.12. The maximum Gasteiger partial charge on any atom is 0.422 e. The van der Waals surface area contributed by atoms with Crippen molar-refractivity contribution in [1.29, 1.82) is 0 Å². The molecule has 0 aliphatic carbocycles. The third-order valence-electron chi connectivity index (χ3n) is 3.79. The molecule has 1 N–H and O–H groups in total. The van der Waals surface area contributed by atoms with Crippen molar-refractivity contribution in [3.8, 4) is 5.75 Å². The van der Waals surface area contributed by atoms with Gasteiger partial charge in [0.1, 0.15) is 11.3 Å². The predicted octanol–water partition coefficient (Wildman–Crippen LogP) is 3.13. The molecule has 0 aliphatic rings. The summed E-state index contributed by atoms with van der Waals surface area (Å²) in [6.45, 7) is -1.74. The lowest BCUT2D eigenvalue weighted by Gasteiger charge is -2.11. The fourth-order valence-corrected chi connectivity index (χ4v) is 3.75. The van der Waals surface area contributed by atoms with Crippen LogP contribution in [0.4, 0.5) is 18.9 Å². The van der Waals surface area contributed by atoms with E-state index in [1.807, 2.05) is 0 Å². The molecule has 30 heavy (non-hydrogen) atoms. The Morgan fingerprint density at radius 1 is 1.13 bits per heavy atom. The lowest BCUT2D eigenvalue weighted by atomic mass is 10.1. The molecule has 0 spiro atoms. The topological polar surface area (TPSA) is 116 Å². The molecule has 12 heteroatoms. The number of ether oxygens (including phenoxy) is 1. The molecule has 0 aromatic heterocycles. The second-order valence-corrected chi connectivity index (χ2v) is 8.19. The lowest BCUT2D eigenvalue weighted by Crippen LogP contribution is -2.27. The Hall–Kier alpha value is -3.15. The molecule has 8 nitrogen and oxygen atoms in total. The minimum Gasteiger partial charge on any atom is -0.484 e. The molecule has 0 atom stereocenters. The Labute approximate surface area is 169 Å². The van der Waals surface area contributed by atoms with Crippen LogP contribution in [0.2, 0.25) is 0 Å². The summed E-state index contributed by atoms with van der Waals surface area (Å²) >= 11 is 0. The molecule has 0 saturated heterocycles. The highest BCUT2D eigenvalue weighted by atomic mass is 32.2. The van der Waals surface area contributed by atoms with E-state index in [9.17, 15) is 36.5 Å². The highest BCUT2D eigenvalue weighted by Crippen LogP contribution is 2.26. The number of rotatable bonds is 9. The lowest BCUT2D eigenvalue weighted by molar-refractivity contribution is -0.385. The van der Waals surface area contributed by atoms with Gasteiger partial charge in [0.15, 0.2) is 16.4 Å². The fraction of sp³-hybridized carbons (Fsp3) is 0.278. The van der Waals surface area contributed by atoms with Crippen LogP contribution >= 0.6 is 0 Å². The standard InChI is InChI=1S/C18H17F3N2O6S/c19-18(20,21)12-29-13-7-8-16(23(25)26)15(11-13)17(24)22-9-4-10-30(27,28)14-5-2-1-3-6-14/h1-3,5-8,11H,4,9-10,12H2,(H,22,24). The number of carbonyl (C=O) groups excluding carboxylic acids is 1. The fourth-order valence-electron chi connectivity index (χ4n) is 2.42. The van der Waals surface area contributed by atoms with Gasteiger partial charge < -0.3 is 10.1 Å². The van der Waals surface area contributed by atoms with Gasteiger partial charge in [0.05, 0.1) is 15.6 Å².